The highest BCUT2D eigenvalue weighted by Crippen LogP contribution is 2.23. The maximum Gasteiger partial charge on any atom is 0.207 e. The summed E-state index contributed by atoms with van der Waals surface area (Å²) in [6, 6.07) is 8.88. The van der Waals surface area contributed by atoms with Gasteiger partial charge in [0.2, 0.25) is 5.95 Å². The molecule has 2 aromatic rings. The average Bonchev–Trinajstić information content (AvgIpc) is 2.89. The van der Waals surface area contributed by atoms with Crippen LogP contribution >= 0.6 is 15.9 Å². The number of imidazole rings is 1. The largest absolute Gasteiger partial charge is 0.353 e. The molecule has 1 saturated carbocycles. The van der Waals surface area contributed by atoms with Gasteiger partial charge in [-0.15, -0.1) is 0 Å². The summed E-state index contributed by atoms with van der Waals surface area (Å²) >= 11 is 3.47. The number of halogens is 1. The second-order valence-electron chi connectivity index (χ2n) is 5.08. The van der Waals surface area contributed by atoms with Crippen LogP contribution in [0.4, 0.5) is 5.95 Å². The first-order valence-electron chi connectivity index (χ1n) is 6.89. The fourth-order valence-electron chi connectivity index (χ4n) is 2.65. The first kappa shape index (κ1) is 12.7. The maximum absolute atomic E-state index is 4.45. The van der Waals surface area contributed by atoms with Crippen molar-refractivity contribution in [3.05, 3.63) is 41.1 Å². The number of rotatable bonds is 3. The second kappa shape index (κ2) is 5.78. The van der Waals surface area contributed by atoms with Crippen molar-refractivity contribution in [2.45, 2.75) is 38.1 Å². The summed E-state index contributed by atoms with van der Waals surface area (Å²) in [5.41, 5.74) is 1.14. The third-order valence-electron chi connectivity index (χ3n) is 3.68. The summed E-state index contributed by atoms with van der Waals surface area (Å²) in [7, 11) is 0. The van der Waals surface area contributed by atoms with Gasteiger partial charge in [-0.2, -0.15) is 0 Å². The predicted octanol–water partition coefficient (Wildman–Crippen LogP) is 4.38. The normalized spacial score (nSPS) is 16.5. The average molecular weight is 320 g/mol. The smallest absolute Gasteiger partial charge is 0.207 e. The van der Waals surface area contributed by atoms with E-state index in [4.69, 9.17) is 0 Å². The molecule has 0 amide bonds. The molecule has 0 saturated heterocycles. The first-order chi connectivity index (χ1) is 9.33. The maximum atomic E-state index is 4.45. The molecule has 19 heavy (non-hydrogen) atoms. The van der Waals surface area contributed by atoms with E-state index in [0.717, 1.165) is 16.1 Å². The van der Waals surface area contributed by atoms with E-state index in [1.165, 1.54) is 32.1 Å². The molecule has 4 heteroatoms. The third-order valence-corrected chi connectivity index (χ3v) is 4.21. The molecule has 1 aliphatic rings. The number of benzene rings is 1. The van der Waals surface area contributed by atoms with E-state index in [1.807, 2.05) is 12.4 Å². The van der Waals surface area contributed by atoms with Crippen molar-refractivity contribution in [3.63, 3.8) is 0 Å². The number of nitrogens with zero attached hydrogens (tertiary/aromatic N) is 2. The fraction of sp³-hybridized carbons (Fsp3) is 0.400. The summed E-state index contributed by atoms with van der Waals surface area (Å²) in [6.45, 7) is 0. The van der Waals surface area contributed by atoms with E-state index in [2.05, 4.69) is 55.1 Å². The van der Waals surface area contributed by atoms with Crippen LogP contribution in [-0.4, -0.2) is 15.6 Å². The van der Waals surface area contributed by atoms with Crippen molar-refractivity contribution in [1.29, 1.82) is 0 Å². The van der Waals surface area contributed by atoms with Crippen LogP contribution in [0.3, 0.4) is 0 Å². The molecule has 1 N–H and O–H groups in total. The highest BCUT2D eigenvalue weighted by molar-refractivity contribution is 9.10. The standard InChI is InChI=1S/C15H18BrN3/c16-12-6-8-14(9-7-12)19-11-10-17-15(19)18-13-4-2-1-3-5-13/h6-11,13H,1-5H2,(H,17,18). The van der Waals surface area contributed by atoms with E-state index < -0.39 is 0 Å². The van der Waals surface area contributed by atoms with Gasteiger partial charge in [-0.3, -0.25) is 4.57 Å². The fourth-order valence-corrected chi connectivity index (χ4v) is 2.91. The quantitative estimate of drug-likeness (QED) is 0.909. The van der Waals surface area contributed by atoms with E-state index in [9.17, 15) is 0 Å². The predicted molar refractivity (Wildman–Crippen MR) is 81.8 cm³/mol. The molecule has 0 atom stereocenters. The van der Waals surface area contributed by atoms with Gasteiger partial charge in [-0.05, 0) is 37.1 Å². The van der Waals surface area contributed by atoms with Crippen LogP contribution in [0.5, 0.6) is 0 Å². The SMILES string of the molecule is Brc1ccc(-n2ccnc2NC2CCCCC2)cc1. The lowest BCUT2D eigenvalue weighted by Crippen LogP contribution is -2.24. The van der Waals surface area contributed by atoms with Gasteiger partial charge in [-0.25, -0.2) is 4.98 Å². The summed E-state index contributed by atoms with van der Waals surface area (Å²) in [6.07, 6.45) is 10.4. The summed E-state index contributed by atoms with van der Waals surface area (Å²) in [5, 5.41) is 3.58. The molecule has 3 rings (SSSR count). The number of hydrogen-bond acceptors (Lipinski definition) is 2. The molecule has 1 aliphatic carbocycles. The zero-order valence-corrected chi connectivity index (χ0v) is 12.4. The second-order valence-corrected chi connectivity index (χ2v) is 5.99. The Kier molecular flexibility index (Phi) is 3.87. The molecular weight excluding hydrogens is 302 g/mol. The Morgan fingerprint density at radius 3 is 2.58 bits per heavy atom. The van der Waals surface area contributed by atoms with Crippen LogP contribution < -0.4 is 5.32 Å². The van der Waals surface area contributed by atoms with Crippen molar-refractivity contribution < 1.29 is 0 Å². The molecule has 1 fully saturated rings. The Labute approximate surface area is 122 Å². The molecule has 1 aromatic heterocycles. The molecule has 100 valence electrons. The van der Waals surface area contributed by atoms with Gasteiger partial charge in [0.05, 0.1) is 0 Å². The molecule has 0 radical (unpaired) electrons. The zero-order chi connectivity index (χ0) is 13.1. The number of anilines is 1. The number of hydrogen-bond donors (Lipinski definition) is 1. The lowest BCUT2D eigenvalue weighted by molar-refractivity contribution is 0.460. The molecule has 1 heterocycles. The van der Waals surface area contributed by atoms with Crippen LogP contribution in [-0.2, 0) is 0 Å². The van der Waals surface area contributed by atoms with E-state index in [0.29, 0.717) is 6.04 Å². The van der Waals surface area contributed by atoms with Crippen molar-refractivity contribution in [1.82, 2.24) is 9.55 Å². The molecule has 0 aliphatic heterocycles. The Hall–Kier alpha value is -1.29. The molecule has 3 nitrogen and oxygen atoms in total. The molecule has 0 bridgehead atoms. The van der Waals surface area contributed by atoms with Gasteiger partial charge in [0, 0.05) is 28.6 Å². The monoisotopic (exact) mass is 319 g/mol. The minimum Gasteiger partial charge on any atom is -0.353 e. The van der Waals surface area contributed by atoms with Crippen LogP contribution in [0.25, 0.3) is 5.69 Å². The van der Waals surface area contributed by atoms with E-state index in [-0.39, 0.29) is 0 Å². The van der Waals surface area contributed by atoms with Gasteiger partial charge in [-0.1, -0.05) is 35.2 Å². The lowest BCUT2D eigenvalue weighted by Gasteiger charge is -2.23. The highest BCUT2D eigenvalue weighted by Gasteiger charge is 2.15. The van der Waals surface area contributed by atoms with Crippen LogP contribution in [0.15, 0.2) is 41.1 Å². The minimum atomic E-state index is 0.574. The molecular formula is C15H18BrN3. The van der Waals surface area contributed by atoms with Crippen LogP contribution in [0.1, 0.15) is 32.1 Å². The third kappa shape index (κ3) is 3.00. The molecule has 1 aromatic carbocycles. The summed E-state index contributed by atoms with van der Waals surface area (Å²) < 4.78 is 3.21. The van der Waals surface area contributed by atoms with Gasteiger partial charge in [0.15, 0.2) is 0 Å². The lowest BCUT2D eigenvalue weighted by atomic mass is 9.96. The highest BCUT2D eigenvalue weighted by atomic mass is 79.9. The minimum absolute atomic E-state index is 0.574. The van der Waals surface area contributed by atoms with Gasteiger partial charge >= 0.3 is 0 Å². The van der Waals surface area contributed by atoms with Gasteiger partial charge in [0.1, 0.15) is 0 Å². The topological polar surface area (TPSA) is 29.9 Å². The molecule has 0 unspecified atom stereocenters. The number of aromatic nitrogens is 2. The van der Waals surface area contributed by atoms with Gasteiger partial charge in [0.25, 0.3) is 0 Å². The van der Waals surface area contributed by atoms with Crippen molar-refractivity contribution in [2.75, 3.05) is 5.32 Å². The van der Waals surface area contributed by atoms with Crippen molar-refractivity contribution >= 4 is 21.9 Å². The van der Waals surface area contributed by atoms with Crippen molar-refractivity contribution in [2.24, 2.45) is 0 Å². The van der Waals surface area contributed by atoms with Crippen molar-refractivity contribution in [3.8, 4) is 5.69 Å². The van der Waals surface area contributed by atoms with Crippen LogP contribution in [0, 0.1) is 0 Å². The summed E-state index contributed by atoms with van der Waals surface area (Å²) in [4.78, 5) is 4.45. The Morgan fingerprint density at radius 2 is 1.84 bits per heavy atom. The van der Waals surface area contributed by atoms with Gasteiger partial charge < -0.3 is 5.32 Å². The Balaban J connectivity index is 1.79. The first-order valence-corrected chi connectivity index (χ1v) is 7.68. The zero-order valence-electron chi connectivity index (χ0n) is 10.8. The Morgan fingerprint density at radius 1 is 1.11 bits per heavy atom. The van der Waals surface area contributed by atoms with Crippen LogP contribution in [0.2, 0.25) is 0 Å². The van der Waals surface area contributed by atoms with E-state index >= 15 is 0 Å². The summed E-state index contributed by atoms with van der Waals surface area (Å²) in [5.74, 6) is 0.953. The molecule has 0 spiro atoms. The Bertz CT molecular complexity index is 527. The number of nitrogens with one attached hydrogen (secondary N) is 1. The van der Waals surface area contributed by atoms with E-state index in [1.54, 1.807) is 0 Å².